The zero-order chi connectivity index (χ0) is 22.2. The summed E-state index contributed by atoms with van der Waals surface area (Å²) in [6.07, 6.45) is 6.37. The van der Waals surface area contributed by atoms with Crippen LogP contribution in [0.5, 0.6) is 5.75 Å². The van der Waals surface area contributed by atoms with Crippen LogP contribution in [0.1, 0.15) is 54.6 Å². The van der Waals surface area contributed by atoms with Crippen LogP contribution in [0, 0.1) is 18.7 Å². The second-order valence-electron chi connectivity index (χ2n) is 8.96. The van der Waals surface area contributed by atoms with Crippen molar-refractivity contribution in [2.75, 3.05) is 6.61 Å². The first-order valence-electron chi connectivity index (χ1n) is 11.2. The number of aryl methyl sites for hydroxylation is 1. The Labute approximate surface area is 185 Å². The second kappa shape index (κ2) is 8.50. The maximum absolute atomic E-state index is 14.2. The lowest BCUT2D eigenvalue weighted by atomic mass is 9.93. The minimum absolute atomic E-state index is 0.0671. The molecule has 2 heterocycles. The molecule has 7 nitrogen and oxygen atoms in total. The summed E-state index contributed by atoms with van der Waals surface area (Å²) < 4.78 is 20.1. The Balaban J connectivity index is 1.50. The van der Waals surface area contributed by atoms with Crippen molar-refractivity contribution in [3.63, 3.8) is 0 Å². The Bertz CT molecular complexity index is 1160. The van der Waals surface area contributed by atoms with Crippen LogP contribution in [0.25, 0.3) is 22.3 Å². The molecule has 32 heavy (non-hydrogen) atoms. The topological polar surface area (TPSA) is 100 Å². The summed E-state index contributed by atoms with van der Waals surface area (Å²) in [5, 5.41) is 13.0. The fraction of sp³-hybridized carbons (Fsp3) is 0.458. The number of aromatic amines is 1. The van der Waals surface area contributed by atoms with E-state index in [1.165, 1.54) is 18.5 Å². The molecule has 5 rings (SSSR count). The molecule has 168 valence electrons. The number of amides is 1. The van der Waals surface area contributed by atoms with E-state index >= 15 is 0 Å². The van der Waals surface area contributed by atoms with Crippen molar-refractivity contribution in [2.24, 2.45) is 5.92 Å². The standard InChI is InChI=1S/C24H27FN4O3/c1-13-20(24(31)29-16-3-2-4-17(30)10-16)22-23(28-13)21(26-12-27-22)18-9-15(25)7-8-19(18)32-11-14-5-6-14/h7-9,12,14,16-17,28,30H,2-6,10-11H2,1H3,(H,29,31)/t16-,17+/m0/s1. The summed E-state index contributed by atoms with van der Waals surface area (Å²) in [5.74, 6) is 0.497. The molecular weight excluding hydrogens is 411 g/mol. The molecule has 3 N–H and O–H groups in total. The molecule has 0 saturated heterocycles. The van der Waals surface area contributed by atoms with Gasteiger partial charge in [0.05, 0.1) is 23.8 Å². The third kappa shape index (κ3) is 4.19. The number of halogens is 1. The molecule has 0 radical (unpaired) electrons. The van der Waals surface area contributed by atoms with E-state index in [0.29, 0.717) is 58.2 Å². The number of aromatic nitrogens is 3. The number of rotatable bonds is 6. The number of aliphatic hydroxyl groups excluding tert-OH is 1. The minimum atomic E-state index is -0.386. The second-order valence-corrected chi connectivity index (χ2v) is 8.96. The number of H-pyrrole nitrogens is 1. The summed E-state index contributed by atoms with van der Waals surface area (Å²) >= 11 is 0. The quantitative estimate of drug-likeness (QED) is 0.542. The number of aliphatic hydroxyl groups is 1. The first kappa shape index (κ1) is 20.9. The maximum atomic E-state index is 14.2. The van der Waals surface area contributed by atoms with Crippen LogP contribution < -0.4 is 10.1 Å². The van der Waals surface area contributed by atoms with Crippen molar-refractivity contribution in [3.8, 4) is 17.0 Å². The van der Waals surface area contributed by atoms with Gasteiger partial charge in [-0.2, -0.15) is 0 Å². The number of carbonyl (C=O) groups is 1. The molecule has 1 amide bonds. The molecule has 0 aliphatic heterocycles. The number of fused-ring (bicyclic) bond motifs is 1. The Morgan fingerprint density at radius 1 is 1.28 bits per heavy atom. The smallest absolute Gasteiger partial charge is 0.255 e. The van der Waals surface area contributed by atoms with E-state index in [1.54, 1.807) is 6.07 Å². The van der Waals surface area contributed by atoms with Crippen LogP contribution in [0.4, 0.5) is 4.39 Å². The molecule has 0 spiro atoms. The van der Waals surface area contributed by atoms with Gasteiger partial charge in [0, 0.05) is 17.3 Å². The summed E-state index contributed by atoms with van der Waals surface area (Å²) in [6.45, 7) is 2.41. The van der Waals surface area contributed by atoms with E-state index in [-0.39, 0.29) is 23.9 Å². The van der Waals surface area contributed by atoms with Gasteiger partial charge in [0.2, 0.25) is 0 Å². The lowest BCUT2D eigenvalue weighted by Crippen LogP contribution is -2.39. The van der Waals surface area contributed by atoms with Crippen molar-refractivity contribution >= 4 is 16.9 Å². The average molecular weight is 439 g/mol. The molecule has 2 saturated carbocycles. The Morgan fingerprint density at radius 2 is 2.12 bits per heavy atom. The SMILES string of the molecule is Cc1[nH]c2c(-c3cc(F)ccc3OCC3CC3)ncnc2c1C(=O)N[C@H]1CCC[C@@H](O)C1. The van der Waals surface area contributed by atoms with Crippen LogP contribution >= 0.6 is 0 Å². The Morgan fingerprint density at radius 3 is 2.91 bits per heavy atom. The Kier molecular flexibility index (Phi) is 5.55. The van der Waals surface area contributed by atoms with Crippen LogP contribution in [0.2, 0.25) is 0 Å². The van der Waals surface area contributed by atoms with Crippen LogP contribution in [0.3, 0.4) is 0 Å². The first-order valence-corrected chi connectivity index (χ1v) is 11.2. The van der Waals surface area contributed by atoms with E-state index in [1.807, 2.05) is 6.92 Å². The van der Waals surface area contributed by atoms with Gasteiger partial charge < -0.3 is 20.1 Å². The summed E-state index contributed by atoms with van der Waals surface area (Å²) in [7, 11) is 0. The van der Waals surface area contributed by atoms with Crippen molar-refractivity contribution < 1.29 is 19.0 Å². The zero-order valence-electron chi connectivity index (χ0n) is 18.0. The number of benzene rings is 1. The molecule has 0 bridgehead atoms. The predicted molar refractivity (Wildman–Crippen MR) is 118 cm³/mol. The van der Waals surface area contributed by atoms with Gasteiger partial charge in [0.15, 0.2) is 0 Å². The molecule has 2 fully saturated rings. The highest BCUT2D eigenvalue weighted by Crippen LogP contribution is 2.36. The average Bonchev–Trinajstić information content (AvgIpc) is 3.52. The van der Waals surface area contributed by atoms with Gasteiger partial charge in [-0.15, -0.1) is 0 Å². The monoisotopic (exact) mass is 438 g/mol. The van der Waals surface area contributed by atoms with E-state index in [4.69, 9.17) is 4.74 Å². The normalized spacial score (nSPS) is 21.0. The Hall–Kier alpha value is -3.00. The number of nitrogens with one attached hydrogen (secondary N) is 2. The number of carbonyl (C=O) groups excluding carboxylic acids is 1. The van der Waals surface area contributed by atoms with Crippen molar-refractivity contribution in [3.05, 3.63) is 41.6 Å². The minimum Gasteiger partial charge on any atom is -0.493 e. The number of hydrogen-bond acceptors (Lipinski definition) is 5. The van der Waals surface area contributed by atoms with Crippen molar-refractivity contribution in [2.45, 2.75) is 57.6 Å². The summed E-state index contributed by atoms with van der Waals surface area (Å²) in [5.41, 5.74) is 3.18. The van der Waals surface area contributed by atoms with E-state index in [9.17, 15) is 14.3 Å². The molecule has 2 aromatic heterocycles. The summed E-state index contributed by atoms with van der Waals surface area (Å²) in [4.78, 5) is 25.1. The number of hydrogen-bond donors (Lipinski definition) is 3. The van der Waals surface area contributed by atoms with Gasteiger partial charge in [-0.05, 0) is 69.6 Å². The van der Waals surface area contributed by atoms with Gasteiger partial charge in [-0.25, -0.2) is 14.4 Å². The highest BCUT2D eigenvalue weighted by Gasteiger charge is 2.27. The van der Waals surface area contributed by atoms with E-state index < -0.39 is 0 Å². The first-order chi connectivity index (χ1) is 15.5. The zero-order valence-corrected chi connectivity index (χ0v) is 18.0. The van der Waals surface area contributed by atoms with E-state index in [2.05, 4.69) is 20.3 Å². The molecule has 2 aliphatic carbocycles. The largest absolute Gasteiger partial charge is 0.493 e. The van der Waals surface area contributed by atoms with Crippen LogP contribution in [0.15, 0.2) is 24.5 Å². The lowest BCUT2D eigenvalue weighted by Gasteiger charge is -2.26. The fourth-order valence-corrected chi connectivity index (χ4v) is 4.46. The van der Waals surface area contributed by atoms with Crippen LogP contribution in [-0.2, 0) is 0 Å². The van der Waals surface area contributed by atoms with Gasteiger partial charge >= 0.3 is 0 Å². The van der Waals surface area contributed by atoms with E-state index in [0.717, 1.165) is 32.1 Å². The van der Waals surface area contributed by atoms with Gasteiger partial charge in [0.1, 0.15) is 29.1 Å². The third-order valence-corrected chi connectivity index (χ3v) is 6.35. The maximum Gasteiger partial charge on any atom is 0.255 e. The number of nitrogens with zero attached hydrogens (tertiary/aromatic N) is 2. The predicted octanol–water partition coefficient (Wildman–Crippen LogP) is 3.89. The van der Waals surface area contributed by atoms with Crippen molar-refractivity contribution in [1.82, 2.24) is 20.3 Å². The molecule has 2 aliphatic rings. The molecular formula is C24H27FN4O3. The lowest BCUT2D eigenvalue weighted by molar-refractivity contribution is 0.0850. The van der Waals surface area contributed by atoms with Crippen LogP contribution in [-0.4, -0.2) is 44.7 Å². The van der Waals surface area contributed by atoms with Gasteiger partial charge in [-0.3, -0.25) is 4.79 Å². The molecule has 2 atom stereocenters. The fourth-order valence-electron chi connectivity index (χ4n) is 4.46. The molecule has 8 heteroatoms. The number of ether oxygens (including phenoxy) is 1. The van der Waals surface area contributed by atoms with Gasteiger partial charge in [0.25, 0.3) is 5.91 Å². The molecule has 3 aromatic rings. The highest BCUT2D eigenvalue weighted by atomic mass is 19.1. The van der Waals surface area contributed by atoms with Crippen molar-refractivity contribution in [1.29, 1.82) is 0 Å². The van der Waals surface area contributed by atoms with Gasteiger partial charge in [-0.1, -0.05) is 0 Å². The molecule has 1 aromatic carbocycles. The highest BCUT2D eigenvalue weighted by molar-refractivity contribution is 6.09. The third-order valence-electron chi connectivity index (χ3n) is 6.35. The summed E-state index contributed by atoms with van der Waals surface area (Å²) in [6, 6.07) is 4.34. The molecule has 0 unspecified atom stereocenters.